The van der Waals surface area contributed by atoms with Crippen LogP contribution in [0, 0.1) is 0 Å². The average molecular weight is 241 g/mol. The van der Waals surface area contributed by atoms with Gasteiger partial charge in [0.1, 0.15) is 0 Å². The van der Waals surface area contributed by atoms with E-state index in [9.17, 15) is 10.2 Å². The molecular weight excluding hydrogens is 226 g/mol. The van der Waals surface area contributed by atoms with Crippen LogP contribution in [0.5, 0.6) is 11.5 Å². The van der Waals surface area contributed by atoms with E-state index in [0.717, 1.165) is 24.1 Å². The van der Waals surface area contributed by atoms with Gasteiger partial charge in [0.2, 0.25) is 0 Å². The Balaban J connectivity index is 2.09. The lowest BCUT2D eigenvalue weighted by molar-refractivity contribution is 0.400. The van der Waals surface area contributed by atoms with Gasteiger partial charge in [-0.3, -0.25) is 0 Å². The third kappa shape index (κ3) is 1.83. The fourth-order valence-corrected chi connectivity index (χ4v) is 2.53. The van der Waals surface area contributed by atoms with Crippen molar-refractivity contribution in [1.82, 2.24) is 5.32 Å². The second-order valence-electron chi connectivity index (χ2n) is 4.59. The molecule has 0 amide bonds. The highest BCUT2D eigenvalue weighted by Crippen LogP contribution is 2.35. The van der Waals surface area contributed by atoms with Gasteiger partial charge < -0.3 is 15.5 Å². The Morgan fingerprint density at radius 3 is 2.50 bits per heavy atom. The van der Waals surface area contributed by atoms with E-state index >= 15 is 0 Å². The lowest BCUT2D eigenvalue weighted by atomic mass is 9.89. The third-order valence-corrected chi connectivity index (χ3v) is 3.42. The first-order valence-electron chi connectivity index (χ1n) is 6.09. The molecule has 0 fully saturated rings. The molecule has 0 saturated heterocycles. The van der Waals surface area contributed by atoms with Crippen LogP contribution in [0.4, 0.5) is 0 Å². The van der Waals surface area contributed by atoms with Crippen LogP contribution >= 0.6 is 0 Å². The molecule has 3 N–H and O–H groups in total. The Kier molecular flexibility index (Phi) is 2.68. The maximum absolute atomic E-state index is 9.66. The zero-order valence-electron chi connectivity index (χ0n) is 9.93. The van der Waals surface area contributed by atoms with Crippen molar-refractivity contribution in [3.05, 3.63) is 59.2 Å². The largest absolute Gasteiger partial charge is 0.504 e. The van der Waals surface area contributed by atoms with Crippen molar-refractivity contribution in [1.29, 1.82) is 0 Å². The van der Waals surface area contributed by atoms with E-state index in [2.05, 4.69) is 17.4 Å². The number of benzene rings is 2. The number of hydrogen-bond acceptors (Lipinski definition) is 3. The van der Waals surface area contributed by atoms with E-state index in [1.807, 2.05) is 18.2 Å². The van der Waals surface area contributed by atoms with E-state index in [4.69, 9.17) is 0 Å². The van der Waals surface area contributed by atoms with Crippen LogP contribution < -0.4 is 5.32 Å². The molecule has 1 atom stereocenters. The van der Waals surface area contributed by atoms with Gasteiger partial charge in [0.05, 0.1) is 6.04 Å². The van der Waals surface area contributed by atoms with Gasteiger partial charge in [0.15, 0.2) is 11.5 Å². The highest BCUT2D eigenvalue weighted by Gasteiger charge is 2.22. The van der Waals surface area contributed by atoms with Crippen LogP contribution in [0.1, 0.15) is 22.7 Å². The predicted octanol–water partition coefficient (Wildman–Crippen LogP) is 2.33. The molecule has 0 aromatic heterocycles. The van der Waals surface area contributed by atoms with Crippen LogP contribution in [0.2, 0.25) is 0 Å². The minimum absolute atomic E-state index is 0.0394. The molecule has 1 aliphatic heterocycles. The standard InChI is InChI=1S/C15H15NO2/c17-13-8-11-6-7-16-15(12(11)9-14(13)18)10-4-2-1-3-5-10/h1-5,8-9,15-18H,6-7H2/t15-/m0/s1. The van der Waals surface area contributed by atoms with E-state index in [-0.39, 0.29) is 17.5 Å². The molecule has 0 bridgehead atoms. The molecule has 0 aliphatic carbocycles. The monoisotopic (exact) mass is 241 g/mol. The quantitative estimate of drug-likeness (QED) is 0.672. The molecular formula is C15H15NO2. The molecule has 0 saturated carbocycles. The first-order chi connectivity index (χ1) is 8.75. The number of phenols is 2. The fourth-order valence-electron chi connectivity index (χ4n) is 2.53. The second kappa shape index (κ2) is 4.35. The van der Waals surface area contributed by atoms with Crippen molar-refractivity contribution in [3.8, 4) is 11.5 Å². The minimum atomic E-state index is -0.0571. The summed E-state index contributed by atoms with van der Waals surface area (Å²) in [6.45, 7) is 0.872. The van der Waals surface area contributed by atoms with E-state index in [1.54, 1.807) is 12.1 Å². The van der Waals surface area contributed by atoms with Crippen LogP contribution in [-0.4, -0.2) is 16.8 Å². The first-order valence-corrected chi connectivity index (χ1v) is 6.09. The van der Waals surface area contributed by atoms with Crippen molar-refractivity contribution in [3.63, 3.8) is 0 Å². The number of rotatable bonds is 1. The second-order valence-corrected chi connectivity index (χ2v) is 4.59. The number of fused-ring (bicyclic) bond motifs is 1. The van der Waals surface area contributed by atoms with Crippen molar-refractivity contribution in [2.45, 2.75) is 12.5 Å². The summed E-state index contributed by atoms with van der Waals surface area (Å²) in [5, 5.41) is 22.7. The molecule has 0 radical (unpaired) electrons. The summed E-state index contributed by atoms with van der Waals surface area (Å²) in [6.07, 6.45) is 0.868. The molecule has 18 heavy (non-hydrogen) atoms. The van der Waals surface area contributed by atoms with Crippen molar-refractivity contribution in [2.24, 2.45) is 0 Å². The predicted molar refractivity (Wildman–Crippen MR) is 69.8 cm³/mol. The zero-order valence-corrected chi connectivity index (χ0v) is 9.93. The third-order valence-electron chi connectivity index (χ3n) is 3.42. The van der Waals surface area contributed by atoms with Gasteiger partial charge >= 0.3 is 0 Å². The number of phenolic OH excluding ortho intramolecular Hbond substituents is 2. The van der Waals surface area contributed by atoms with Gasteiger partial charge in [-0.15, -0.1) is 0 Å². The smallest absolute Gasteiger partial charge is 0.157 e. The minimum Gasteiger partial charge on any atom is -0.504 e. The Bertz CT molecular complexity index is 566. The van der Waals surface area contributed by atoms with Gasteiger partial charge in [0.25, 0.3) is 0 Å². The SMILES string of the molecule is Oc1cc2c(cc1O)[C@H](c1ccccc1)NCC2. The molecule has 2 aromatic carbocycles. The van der Waals surface area contributed by atoms with Crippen LogP contribution in [-0.2, 0) is 6.42 Å². The van der Waals surface area contributed by atoms with Gasteiger partial charge in [-0.2, -0.15) is 0 Å². The van der Waals surface area contributed by atoms with Gasteiger partial charge in [-0.25, -0.2) is 0 Å². The fraction of sp³-hybridized carbons (Fsp3) is 0.200. The van der Waals surface area contributed by atoms with Gasteiger partial charge in [0, 0.05) is 6.54 Å². The van der Waals surface area contributed by atoms with Crippen LogP contribution in [0.25, 0.3) is 0 Å². The molecule has 1 aliphatic rings. The maximum atomic E-state index is 9.66. The Hall–Kier alpha value is -2.00. The summed E-state index contributed by atoms with van der Waals surface area (Å²) in [4.78, 5) is 0. The molecule has 3 nitrogen and oxygen atoms in total. The highest BCUT2D eigenvalue weighted by molar-refractivity contribution is 5.50. The number of hydrogen-bond donors (Lipinski definition) is 3. The molecule has 3 heteroatoms. The van der Waals surface area contributed by atoms with E-state index in [0.29, 0.717) is 0 Å². The summed E-state index contributed by atoms with van der Waals surface area (Å²) in [6, 6.07) is 13.5. The summed E-state index contributed by atoms with van der Waals surface area (Å²) < 4.78 is 0. The number of nitrogens with one attached hydrogen (secondary N) is 1. The molecule has 0 spiro atoms. The van der Waals surface area contributed by atoms with Crippen LogP contribution in [0.15, 0.2) is 42.5 Å². The van der Waals surface area contributed by atoms with Crippen molar-refractivity contribution < 1.29 is 10.2 Å². The lowest BCUT2D eigenvalue weighted by Gasteiger charge is -2.27. The molecule has 1 heterocycles. The maximum Gasteiger partial charge on any atom is 0.157 e. The summed E-state index contributed by atoms with van der Waals surface area (Å²) >= 11 is 0. The average Bonchev–Trinajstić information content (AvgIpc) is 2.40. The number of aromatic hydroxyl groups is 2. The van der Waals surface area contributed by atoms with E-state index < -0.39 is 0 Å². The Labute approximate surface area is 106 Å². The molecule has 92 valence electrons. The summed E-state index contributed by atoms with van der Waals surface area (Å²) in [7, 11) is 0. The lowest BCUT2D eigenvalue weighted by Crippen LogP contribution is -2.30. The molecule has 0 unspecified atom stereocenters. The van der Waals surface area contributed by atoms with Crippen molar-refractivity contribution in [2.75, 3.05) is 6.54 Å². The first kappa shape index (κ1) is 11.1. The Morgan fingerprint density at radius 2 is 1.72 bits per heavy atom. The summed E-state index contributed by atoms with van der Waals surface area (Å²) in [5.74, 6) is -0.0964. The van der Waals surface area contributed by atoms with Crippen molar-refractivity contribution >= 4 is 0 Å². The topological polar surface area (TPSA) is 52.5 Å². The zero-order chi connectivity index (χ0) is 12.5. The van der Waals surface area contributed by atoms with E-state index in [1.165, 1.54) is 5.56 Å². The molecule has 3 rings (SSSR count). The summed E-state index contributed by atoms with van der Waals surface area (Å²) in [5.41, 5.74) is 3.31. The Morgan fingerprint density at radius 1 is 1.00 bits per heavy atom. The normalized spacial score (nSPS) is 18.3. The molecule has 2 aromatic rings. The van der Waals surface area contributed by atoms with Crippen LogP contribution in [0.3, 0.4) is 0 Å². The van der Waals surface area contributed by atoms with Gasteiger partial charge in [-0.05, 0) is 35.2 Å². The highest BCUT2D eigenvalue weighted by atomic mass is 16.3. The van der Waals surface area contributed by atoms with Gasteiger partial charge in [-0.1, -0.05) is 30.3 Å².